The Balaban J connectivity index is 2.11. The maximum absolute atomic E-state index is 12.7. The molecule has 0 atom stereocenters. The first-order valence-corrected chi connectivity index (χ1v) is 7.59. The van der Waals surface area contributed by atoms with Gasteiger partial charge in [0.2, 0.25) is 0 Å². The normalized spacial score (nSPS) is 11.2. The van der Waals surface area contributed by atoms with Crippen molar-refractivity contribution in [2.75, 3.05) is 6.61 Å². The largest absolute Gasteiger partial charge is 0.461 e. The number of fused-ring (bicyclic) bond motifs is 1. The van der Waals surface area contributed by atoms with E-state index in [4.69, 9.17) is 9.26 Å². The van der Waals surface area contributed by atoms with Crippen molar-refractivity contribution in [1.29, 1.82) is 0 Å². The Labute approximate surface area is 141 Å². The van der Waals surface area contributed by atoms with Crippen LogP contribution in [-0.2, 0) is 25.4 Å². The number of ether oxygens (including phenoxy) is 1. The van der Waals surface area contributed by atoms with Crippen LogP contribution in [0, 0.1) is 6.92 Å². The molecule has 10 nitrogen and oxygen atoms in total. The van der Waals surface area contributed by atoms with Gasteiger partial charge >= 0.3 is 11.7 Å². The predicted octanol–water partition coefficient (Wildman–Crippen LogP) is -0.0449. The highest BCUT2D eigenvalue weighted by atomic mass is 16.5. The van der Waals surface area contributed by atoms with Crippen LogP contribution < -0.4 is 11.2 Å². The van der Waals surface area contributed by atoms with E-state index in [1.165, 1.54) is 17.9 Å². The third-order valence-corrected chi connectivity index (χ3v) is 3.99. The predicted molar refractivity (Wildman–Crippen MR) is 86.5 cm³/mol. The zero-order chi connectivity index (χ0) is 18.3. The molecule has 0 aliphatic carbocycles. The van der Waals surface area contributed by atoms with Crippen molar-refractivity contribution >= 4 is 17.1 Å². The van der Waals surface area contributed by atoms with Crippen LogP contribution in [0.1, 0.15) is 28.7 Å². The molecule has 0 aliphatic heterocycles. The maximum Gasteiger partial charge on any atom is 0.360 e. The van der Waals surface area contributed by atoms with Crippen LogP contribution in [-0.4, -0.2) is 36.4 Å². The number of carbonyl (C=O) groups is 1. The van der Waals surface area contributed by atoms with Gasteiger partial charge < -0.3 is 13.8 Å². The summed E-state index contributed by atoms with van der Waals surface area (Å²) in [6, 6.07) is 0. The number of aryl methyl sites for hydroxylation is 2. The highest BCUT2D eigenvalue weighted by Crippen LogP contribution is 2.15. The molecule has 3 heterocycles. The van der Waals surface area contributed by atoms with Crippen LogP contribution in [0.25, 0.3) is 11.2 Å². The molecule has 0 aromatic carbocycles. The van der Waals surface area contributed by atoms with Gasteiger partial charge in [0.25, 0.3) is 5.56 Å². The van der Waals surface area contributed by atoms with E-state index in [9.17, 15) is 14.4 Å². The molecule has 132 valence electrons. The van der Waals surface area contributed by atoms with Crippen molar-refractivity contribution in [3.8, 4) is 0 Å². The fourth-order valence-electron chi connectivity index (χ4n) is 2.59. The van der Waals surface area contributed by atoms with Crippen LogP contribution >= 0.6 is 0 Å². The molecule has 3 aromatic rings. The van der Waals surface area contributed by atoms with Crippen molar-refractivity contribution in [3.05, 3.63) is 44.2 Å². The molecule has 0 saturated carbocycles. The van der Waals surface area contributed by atoms with Crippen LogP contribution in [0.4, 0.5) is 0 Å². The lowest BCUT2D eigenvalue weighted by atomic mass is 10.2. The summed E-state index contributed by atoms with van der Waals surface area (Å²) in [5.41, 5.74) is 0.0252. The number of hydrogen-bond donors (Lipinski definition) is 0. The summed E-state index contributed by atoms with van der Waals surface area (Å²) in [4.78, 5) is 41.1. The average Bonchev–Trinajstić information content (AvgIpc) is 3.13. The van der Waals surface area contributed by atoms with E-state index in [1.807, 2.05) is 0 Å². The van der Waals surface area contributed by atoms with Gasteiger partial charge in [-0.3, -0.25) is 13.9 Å². The molecule has 3 aromatic heterocycles. The lowest BCUT2D eigenvalue weighted by Crippen LogP contribution is -2.39. The average molecular weight is 347 g/mol. The minimum atomic E-state index is -0.614. The van der Waals surface area contributed by atoms with Crippen molar-refractivity contribution < 1.29 is 14.1 Å². The van der Waals surface area contributed by atoms with Crippen LogP contribution in [0.5, 0.6) is 0 Å². The molecule has 25 heavy (non-hydrogen) atoms. The molecule has 10 heteroatoms. The first kappa shape index (κ1) is 16.7. The molecule has 0 bridgehead atoms. The number of esters is 1. The van der Waals surface area contributed by atoms with Crippen molar-refractivity contribution in [2.45, 2.75) is 20.4 Å². The van der Waals surface area contributed by atoms with Gasteiger partial charge in [0.15, 0.2) is 22.6 Å². The van der Waals surface area contributed by atoms with E-state index in [-0.39, 0.29) is 24.6 Å². The Morgan fingerprint density at radius 3 is 2.72 bits per heavy atom. The van der Waals surface area contributed by atoms with Gasteiger partial charge in [0, 0.05) is 19.7 Å². The standard InChI is InChI=1S/C15H17N5O5/c1-5-24-14(22)10-8(2)9(25-17-10)6-20-13(21)11-12(16-7-18(11)3)19(4)15(20)23/h7H,5-6H2,1-4H3. The summed E-state index contributed by atoms with van der Waals surface area (Å²) in [7, 11) is 3.20. The molecule has 0 amide bonds. The molecule has 0 fully saturated rings. The Morgan fingerprint density at radius 1 is 1.32 bits per heavy atom. The van der Waals surface area contributed by atoms with E-state index in [1.54, 1.807) is 25.5 Å². The SMILES string of the molecule is CCOC(=O)c1noc(Cn2c(=O)c3c(ncn3C)n(C)c2=O)c1C. The summed E-state index contributed by atoms with van der Waals surface area (Å²) in [5.74, 6) is -0.374. The minimum Gasteiger partial charge on any atom is -0.461 e. The quantitative estimate of drug-likeness (QED) is 0.608. The summed E-state index contributed by atoms with van der Waals surface area (Å²) in [6.07, 6.45) is 1.47. The second-order valence-electron chi connectivity index (χ2n) is 5.56. The number of aromatic nitrogens is 5. The first-order chi connectivity index (χ1) is 11.9. The van der Waals surface area contributed by atoms with Gasteiger partial charge in [-0.25, -0.2) is 14.6 Å². The fourth-order valence-corrected chi connectivity index (χ4v) is 2.59. The number of nitrogens with zero attached hydrogens (tertiary/aromatic N) is 5. The highest BCUT2D eigenvalue weighted by Gasteiger charge is 2.22. The summed E-state index contributed by atoms with van der Waals surface area (Å²) < 4.78 is 13.9. The van der Waals surface area contributed by atoms with Gasteiger partial charge in [0.1, 0.15) is 0 Å². The van der Waals surface area contributed by atoms with E-state index in [0.29, 0.717) is 16.7 Å². The Kier molecular flexibility index (Phi) is 4.03. The Bertz CT molecular complexity index is 1080. The molecule has 0 unspecified atom stereocenters. The number of rotatable bonds is 4. The van der Waals surface area contributed by atoms with Gasteiger partial charge in [-0.05, 0) is 13.8 Å². The second-order valence-corrected chi connectivity index (χ2v) is 5.56. The molecule has 0 saturated heterocycles. The highest BCUT2D eigenvalue weighted by molar-refractivity contribution is 5.88. The minimum absolute atomic E-state index is 0.0309. The molecule has 0 spiro atoms. The van der Waals surface area contributed by atoms with E-state index in [0.717, 1.165) is 4.57 Å². The summed E-state index contributed by atoms with van der Waals surface area (Å²) in [6.45, 7) is 3.36. The summed E-state index contributed by atoms with van der Waals surface area (Å²) in [5, 5.41) is 3.69. The zero-order valence-electron chi connectivity index (χ0n) is 14.3. The third-order valence-electron chi connectivity index (χ3n) is 3.99. The number of carbonyl (C=O) groups excluding carboxylic acids is 1. The van der Waals surface area contributed by atoms with Crippen molar-refractivity contribution in [1.82, 2.24) is 23.8 Å². The Hall–Kier alpha value is -3.17. The second kappa shape index (κ2) is 6.04. The Morgan fingerprint density at radius 2 is 2.04 bits per heavy atom. The fraction of sp³-hybridized carbons (Fsp3) is 0.400. The van der Waals surface area contributed by atoms with Gasteiger partial charge in [-0.15, -0.1) is 0 Å². The zero-order valence-corrected chi connectivity index (χ0v) is 14.3. The van der Waals surface area contributed by atoms with Crippen molar-refractivity contribution in [3.63, 3.8) is 0 Å². The van der Waals surface area contributed by atoms with Gasteiger partial charge in [-0.2, -0.15) is 0 Å². The van der Waals surface area contributed by atoms with E-state index in [2.05, 4.69) is 10.1 Å². The first-order valence-electron chi connectivity index (χ1n) is 7.59. The maximum atomic E-state index is 12.7. The lowest BCUT2D eigenvalue weighted by Gasteiger charge is -2.07. The lowest BCUT2D eigenvalue weighted by molar-refractivity contribution is 0.0514. The molecular formula is C15H17N5O5. The van der Waals surface area contributed by atoms with E-state index >= 15 is 0 Å². The van der Waals surface area contributed by atoms with Gasteiger partial charge in [0.05, 0.1) is 19.5 Å². The molecular weight excluding hydrogens is 330 g/mol. The smallest absolute Gasteiger partial charge is 0.360 e. The topological polar surface area (TPSA) is 114 Å². The van der Waals surface area contributed by atoms with Gasteiger partial charge in [-0.1, -0.05) is 5.16 Å². The van der Waals surface area contributed by atoms with Crippen LogP contribution in [0.15, 0.2) is 20.4 Å². The molecule has 0 aliphatic rings. The molecule has 3 rings (SSSR count). The van der Waals surface area contributed by atoms with E-state index < -0.39 is 17.2 Å². The number of hydrogen-bond acceptors (Lipinski definition) is 7. The third kappa shape index (κ3) is 2.55. The molecule has 0 N–H and O–H groups in total. The van der Waals surface area contributed by atoms with Crippen molar-refractivity contribution in [2.24, 2.45) is 14.1 Å². The number of imidazole rings is 1. The van der Waals surface area contributed by atoms with Crippen LogP contribution in [0.3, 0.4) is 0 Å². The van der Waals surface area contributed by atoms with Crippen LogP contribution in [0.2, 0.25) is 0 Å². The summed E-state index contributed by atoms with van der Waals surface area (Å²) >= 11 is 0. The monoisotopic (exact) mass is 347 g/mol. The molecule has 0 radical (unpaired) electrons.